The van der Waals surface area contributed by atoms with E-state index in [1.54, 1.807) is 7.11 Å². The molecule has 2 aromatic carbocycles. The van der Waals surface area contributed by atoms with Crippen LogP contribution in [0.25, 0.3) is 11.3 Å². The molecule has 2 heterocycles. The number of rotatable bonds is 8. The van der Waals surface area contributed by atoms with E-state index in [0.29, 0.717) is 36.2 Å². The summed E-state index contributed by atoms with van der Waals surface area (Å²) >= 11 is 0. The van der Waals surface area contributed by atoms with E-state index in [1.165, 1.54) is 0 Å². The van der Waals surface area contributed by atoms with E-state index in [0.717, 1.165) is 34.6 Å². The smallest absolute Gasteiger partial charge is 0.244 e. The number of nitrogens with zero attached hydrogens (tertiary/aromatic N) is 2. The molecule has 3 aromatic rings. The summed E-state index contributed by atoms with van der Waals surface area (Å²) in [7, 11) is 1.58. The Kier molecular flexibility index (Phi) is 6.41. The number of hydrogen-bond acceptors (Lipinski definition) is 7. The summed E-state index contributed by atoms with van der Waals surface area (Å²) in [4.78, 5) is 0. The largest absolute Gasteiger partial charge is 0.494 e. The molecule has 0 saturated heterocycles. The Morgan fingerprint density at radius 3 is 2.58 bits per heavy atom. The van der Waals surface area contributed by atoms with Crippen LogP contribution in [0.4, 0.5) is 0 Å². The van der Waals surface area contributed by atoms with Crippen LogP contribution in [0.3, 0.4) is 0 Å². The van der Waals surface area contributed by atoms with Crippen molar-refractivity contribution in [3.8, 4) is 40.5 Å². The van der Waals surface area contributed by atoms with Crippen LogP contribution in [0, 0.1) is 11.3 Å². The molecule has 1 aliphatic heterocycles. The minimum absolute atomic E-state index is 0.0317. The Bertz CT molecular complexity index is 1210. The Balaban J connectivity index is 1.81. The van der Waals surface area contributed by atoms with E-state index in [2.05, 4.69) is 23.2 Å². The molecule has 0 amide bonds. The number of hydrogen-bond donors (Lipinski definition) is 2. The second-order valence-electron chi connectivity index (χ2n) is 7.46. The lowest BCUT2D eigenvalue weighted by Gasteiger charge is -2.25. The predicted molar refractivity (Wildman–Crippen MR) is 123 cm³/mol. The van der Waals surface area contributed by atoms with Gasteiger partial charge in [0.2, 0.25) is 11.8 Å². The van der Waals surface area contributed by atoms with E-state index in [1.807, 2.05) is 49.4 Å². The van der Waals surface area contributed by atoms with Crippen LogP contribution in [0.5, 0.6) is 23.1 Å². The van der Waals surface area contributed by atoms with Crippen LogP contribution in [0.2, 0.25) is 0 Å². The maximum absolute atomic E-state index is 9.93. The first kappa shape index (κ1) is 22.1. The molecule has 0 radical (unpaired) electrons. The molecule has 0 aliphatic carbocycles. The molecule has 4 rings (SSSR count). The van der Waals surface area contributed by atoms with Gasteiger partial charge in [0.15, 0.2) is 11.5 Å². The van der Waals surface area contributed by atoms with Crippen molar-refractivity contribution in [3.63, 3.8) is 0 Å². The lowest BCUT2D eigenvalue weighted by atomic mass is 9.83. The second-order valence-corrected chi connectivity index (χ2v) is 7.46. The van der Waals surface area contributed by atoms with E-state index in [-0.39, 0.29) is 5.88 Å². The first-order valence-electron chi connectivity index (χ1n) is 10.8. The van der Waals surface area contributed by atoms with Crippen LogP contribution < -0.4 is 24.7 Å². The molecule has 3 N–H and O–H groups in total. The van der Waals surface area contributed by atoms with Crippen molar-refractivity contribution in [1.29, 1.82) is 5.26 Å². The van der Waals surface area contributed by atoms with Gasteiger partial charge in [-0.15, -0.1) is 5.10 Å². The predicted octanol–water partition coefficient (Wildman–Crippen LogP) is 4.49. The summed E-state index contributed by atoms with van der Waals surface area (Å²) in [5.41, 5.74) is 9.58. The average Bonchev–Trinajstić information content (AvgIpc) is 3.26. The zero-order valence-corrected chi connectivity index (χ0v) is 18.8. The van der Waals surface area contributed by atoms with E-state index < -0.39 is 5.92 Å². The first-order valence-corrected chi connectivity index (χ1v) is 10.8. The van der Waals surface area contributed by atoms with Crippen molar-refractivity contribution >= 4 is 0 Å². The van der Waals surface area contributed by atoms with Gasteiger partial charge in [-0.1, -0.05) is 13.0 Å². The molecular weight excluding hydrogens is 420 g/mol. The van der Waals surface area contributed by atoms with Crippen LogP contribution in [0.1, 0.15) is 37.3 Å². The van der Waals surface area contributed by atoms with Crippen molar-refractivity contribution in [1.82, 2.24) is 10.2 Å². The monoisotopic (exact) mass is 446 g/mol. The summed E-state index contributed by atoms with van der Waals surface area (Å²) in [5, 5.41) is 17.3. The molecule has 8 nitrogen and oxygen atoms in total. The number of benzene rings is 2. The molecule has 0 bridgehead atoms. The van der Waals surface area contributed by atoms with E-state index in [9.17, 15) is 5.26 Å². The molecule has 0 saturated carbocycles. The van der Waals surface area contributed by atoms with Crippen LogP contribution in [0.15, 0.2) is 53.9 Å². The SMILES string of the molecule is CCCOc1ccc(-c2[nH]nc3c2[C@@H](c2ccc(OCC)c(OC)c2)C(C#N)=C(N)O3)cc1. The zero-order chi connectivity index (χ0) is 23.4. The average molecular weight is 447 g/mol. The van der Waals surface area contributed by atoms with E-state index >= 15 is 0 Å². The molecule has 1 aromatic heterocycles. The molecule has 8 heteroatoms. The molecule has 1 aliphatic rings. The van der Waals surface area contributed by atoms with Crippen molar-refractivity contribution < 1.29 is 18.9 Å². The third-order valence-electron chi connectivity index (χ3n) is 5.38. The highest BCUT2D eigenvalue weighted by molar-refractivity contribution is 5.71. The van der Waals surface area contributed by atoms with Crippen LogP contribution in [-0.2, 0) is 0 Å². The highest BCUT2D eigenvalue weighted by atomic mass is 16.5. The van der Waals surface area contributed by atoms with Crippen LogP contribution >= 0.6 is 0 Å². The Morgan fingerprint density at radius 2 is 1.91 bits per heavy atom. The highest BCUT2D eigenvalue weighted by Gasteiger charge is 2.36. The molecule has 170 valence electrons. The van der Waals surface area contributed by atoms with Gasteiger partial charge >= 0.3 is 0 Å². The number of aromatic amines is 1. The summed E-state index contributed by atoms with van der Waals surface area (Å²) in [6.45, 7) is 5.14. The Hall–Kier alpha value is -4.12. The van der Waals surface area contributed by atoms with E-state index in [4.69, 9.17) is 24.7 Å². The van der Waals surface area contributed by atoms with Gasteiger partial charge in [-0.25, -0.2) is 0 Å². The number of methoxy groups -OCH3 is 1. The fraction of sp³-hybridized carbons (Fsp3) is 0.280. The minimum Gasteiger partial charge on any atom is -0.494 e. The van der Waals surface area contributed by atoms with Crippen molar-refractivity contribution in [3.05, 3.63) is 65.0 Å². The summed E-state index contributed by atoms with van der Waals surface area (Å²) in [6.07, 6.45) is 0.936. The maximum Gasteiger partial charge on any atom is 0.244 e. The van der Waals surface area contributed by atoms with Gasteiger partial charge in [-0.05, 0) is 55.3 Å². The number of nitrogens with one attached hydrogen (secondary N) is 1. The normalized spacial score (nSPS) is 14.8. The summed E-state index contributed by atoms with van der Waals surface area (Å²) < 4.78 is 22.6. The topological polar surface area (TPSA) is 115 Å². The van der Waals surface area contributed by atoms with Gasteiger partial charge in [-0.2, -0.15) is 5.26 Å². The van der Waals surface area contributed by atoms with Crippen LogP contribution in [-0.4, -0.2) is 30.5 Å². The number of aromatic nitrogens is 2. The Labute approximate surface area is 192 Å². The third kappa shape index (κ3) is 4.17. The number of H-pyrrole nitrogens is 1. The van der Waals surface area contributed by atoms with Gasteiger partial charge in [0.05, 0.1) is 37.5 Å². The first-order chi connectivity index (χ1) is 16.1. The molecular formula is C25H26N4O4. The third-order valence-corrected chi connectivity index (χ3v) is 5.38. The molecule has 0 fully saturated rings. The van der Waals surface area contributed by atoms with Crippen molar-refractivity contribution in [2.75, 3.05) is 20.3 Å². The fourth-order valence-electron chi connectivity index (χ4n) is 3.87. The molecule has 33 heavy (non-hydrogen) atoms. The maximum atomic E-state index is 9.93. The summed E-state index contributed by atoms with van der Waals surface area (Å²) in [5.74, 6) is 1.87. The van der Waals surface area contributed by atoms with Gasteiger partial charge in [0.25, 0.3) is 0 Å². The molecule has 1 atom stereocenters. The zero-order valence-electron chi connectivity index (χ0n) is 18.8. The van der Waals surface area contributed by atoms with Gasteiger partial charge in [-0.3, -0.25) is 5.10 Å². The minimum atomic E-state index is -0.493. The standard InChI is InChI=1S/C25H26N4O4/c1-4-12-32-17-9-6-15(7-10-17)23-22-21(18(14-26)24(27)33-25(22)29-28-23)16-8-11-19(31-5-2)20(13-16)30-3/h6-11,13,21H,4-5,12,27H2,1-3H3,(H,28,29)/t21-/m0/s1. The molecule has 0 spiro atoms. The highest BCUT2D eigenvalue weighted by Crippen LogP contribution is 2.47. The van der Waals surface area contributed by atoms with Gasteiger partial charge < -0.3 is 24.7 Å². The summed E-state index contributed by atoms with van der Waals surface area (Å²) in [6, 6.07) is 15.5. The fourth-order valence-corrected chi connectivity index (χ4v) is 3.87. The second kappa shape index (κ2) is 9.57. The lowest BCUT2D eigenvalue weighted by molar-refractivity contribution is 0.310. The van der Waals surface area contributed by atoms with Crippen molar-refractivity contribution in [2.24, 2.45) is 5.73 Å². The van der Waals surface area contributed by atoms with Crippen molar-refractivity contribution in [2.45, 2.75) is 26.2 Å². The number of fused-ring (bicyclic) bond motifs is 1. The lowest BCUT2D eigenvalue weighted by Crippen LogP contribution is -2.21. The number of nitriles is 1. The van der Waals surface area contributed by atoms with Gasteiger partial charge in [0.1, 0.15) is 17.4 Å². The number of nitrogens with two attached hydrogens (primary N) is 1. The number of allylic oxidation sites excluding steroid dienone is 1. The van der Waals surface area contributed by atoms with Gasteiger partial charge in [0, 0.05) is 5.56 Å². The Morgan fingerprint density at radius 1 is 1.12 bits per heavy atom. The molecule has 0 unspecified atom stereocenters. The quantitative estimate of drug-likeness (QED) is 0.524. The number of ether oxygens (including phenoxy) is 4.